The summed E-state index contributed by atoms with van der Waals surface area (Å²) < 4.78 is 3.05. The number of hydrogen-bond acceptors (Lipinski definition) is 5. The molecule has 8 nitrogen and oxygen atoms in total. The Kier molecular flexibility index (Phi) is 6.69. The Morgan fingerprint density at radius 3 is 2.53 bits per heavy atom. The topological polar surface area (TPSA) is 85.0 Å². The Morgan fingerprint density at radius 2 is 1.81 bits per heavy atom. The fourth-order valence-corrected chi connectivity index (χ4v) is 4.42. The standard InChI is InChI=1S/C24H32N6O2/c1-17-22-21(18(2)29(27-22)20-11-6-4-7-12-20)24(32)30(26-17)19(3)23(31)25-13-10-16-28-14-8-5-9-15-28/h4,6-7,11-12,19H,5,8-10,13-16H2,1-3H3,(H,25,31)/t19-/m1/s1. The predicted molar refractivity (Wildman–Crippen MR) is 125 cm³/mol. The summed E-state index contributed by atoms with van der Waals surface area (Å²) in [5, 5.41) is 12.5. The number of hydrogen-bond donors (Lipinski definition) is 1. The predicted octanol–water partition coefficient (Wildman–Crippen LogP) is 2.75. The molecule has 1 amide bonds. The monoisotopic (exact) mass is 436 g/mol. The molecule has 1 N–H and O–H groups in total. The van der Waals surface area contributed by atoms with Crippen molar-refractivity contribution < 1.29 is 4.79 Å². The maximum atomic E-state index is 13.3. The zero-order valence-electron chi connectivity index (χ0n) is 19.2. The highest BCUT2D eigenvalue weighted by Gasteiger charge is 2.23. The number of likely N-dealkylation sites (tertiary alicyclic amines) is 1. The number of aryl methyl sites for hydroxylation is 2. The number of benzene rings is 1. The molecule has 3 heterocycles. The number of rotatable bonds is 7. The van der Waals surface area contributed by atoms with Gasteiger partial charge in [0, 0.05) is 6.54 Å². The smallest absolute Gasteiger partial charge is 0.278 e. The van der Waals surface area contributed by atoms with E-state index in [1.165, 1.54) is 23.9 Å². The van der Waals surface area contributed by atoms with E-state index >= 15 is 0 Å². The zero-order chi connectivity index (χ0) is 22.7. The molecule has 1 saturated heterocycles. The van der Waals surface area contributed by atoms with Crippen molar-refractivity contribution >= 4 is 16.8 Å². The van der Waals surface area contributed by atoms with Gasteiger partial charge in [-0.1, -0.05) is 24.6 Å². The number of carbonyl (C=O) groups is 1. The molecule has 2 aromatic heterocycles. The minimum atomic E-state index is -0.694. The van der Waals surface area contributed by atoms with Crippen LogP contribution in [0.4, 0.5) is 0 Å². The van der Waals surface area contributed by atoms with Gasteiger partial charge in [-0.15, -0.1) is 0 Å². The lowest BCUT2D eigenvalue weighted by atomic mass is 10.1. The van der Waals surface area contributed by atoms with Crippen LogP contribution in [0.5, 0.6) is 0 Å². The molecule has 0 saturated carbocycles. The first kappa shape index (κ1) is 22.2. The molecular formula is C24H32N6O2. The summed E-state index contributed by atoms with van der Waals surface area (Å²) in [6, 6.07) is 9.00. The van der Waals surface area contributed by atoms with E-state index in [0.29, 0.717) is 23.1 Å². The molecule has 0 spiro atoms. The summed E-state index contributed by atoms with van der Waals surface area (Å²) in [5.41, 5.74) is 2.53. The summed E-state index contributed by atoms with van der Waals surface area (Å²) in [4.78, 5) is 28.5. The molecule has 3 aromatic rings. The number of nitrogens with zero attached hydrogens (tertiary/aromatic N) is 5. The number of para-hydroxylation sites is 1. The molecule has 1 aliphatic rings. The second kappa shape index (κ2) is 9.65. The number of aromatic nitrogens is 4. The van der Waals surface area contributed by atoms with Gasteiger partial charge in [0.05, 0.1) is 22.5 Å². The van der Waals surface area contributed by atoms with E-state index in [9.17, 15) is 9.59 Å². The first-order chi connectivity index (χ1) is 15.5. The fourth-order valence-electron chi connectivity index (χ4n) is 4.42. The van der Waals surface area contributed by atoms with E-state index in [-0.39, 0.29) is 11.5 Å². The van der Waals surface area contributed by atoms with Gasteiger partial charge in [-0.05, 0) is 71.8 Å². The van der Waals surface area contributed by atoms with Gasteiger partial charge in [-0.25, -0.2) is 9.36 Å². The average molecular weight is 437 g/mol. The minimum absolute atomic E-state index is 0.190. The Hall–Kier alpha value is -3.00. The fraction of sp³-hybridized carbons (Fsp3) is 0.500. The summed E-state index contributed by atoms with van der Waals surface area (Å²) in [6.45, 7) is 9.31. The molecule has 8 heteroatoms. The van der Waals surface area contributed by atoms with Crippen LogP contribution in [0.25, 0.3) is 16.6 Å². The lowest BCUT2D eigenvalue weighted by molar-refractivity contribution is -0.124. The van der Waals surface area contributed by atoms with E-state index in [2.05, 4.69) is 20.4 Å². The van der Waals surface area contributed by atoms with Gasteiger partial charge >= 0.3 is 0 Å². The zero-order valence-corrected chi connectivity index (χ0v) is 19.2. The molecule has 1 aromatic carbocycles. The molecule has 32 heavy (non-hydrogen) atoms. The molecule has 1 aliphatic heterocycles. The lowest BCUT2D eigenvalue weighted by Crippen LogP contribution is -2.39. The molecule has 4 rings (SSSR count). The molecule has 0 bridgehead atoms. The van der Waals surface area contributed by atoms with E-state index in [4.69, 9.17) is 0 Å². The average Bonchev–Trinajstić information content (AvgIpc) is 3.18. The molecule has 170 valence electrons. The maximum Gasteiger partial charge on any atom is 0.278 e. The van der Waals surface area contributed by atoms with Crippen molar-refractivity contribution in [2.24, 2.45) is 0 Å². The van der Waals surface area contributed by atoms with Crippen LogP contribution in [0.15, 0.2) is 35.1 Å². The molecule has 0 radical (unpaired) electrons. The van der Waals surface area contributed by atoms with Gasteiger partial charge in [0.15, 0.2) is 0 Å². The molecule has 0 aliphatic carbocycles. The third kappa shape index (κ3) is 4.46. The van der Waals surface area contributed by atoms with Crippen LogP contribution in [0.1, 0.15) is 50.0 Å². The summed E-state index contributed by atoms with van der Waals surface area (Å²) in [6.07, 6.45) is 4.75. The number of nitrogens with one attached hydrogen (secondary N) is 1. The molecule has 1 atom stereocenters. The number of piperidine rings is 1. The Bertz CT molecular complexity index is 1140. The largest absolute Gasteiger partial charge is 0.354 e. The van der Waals surface area contributed by atoms with Crippen LogP contribution >= 0.6 is 0 Å². The van der Waals surface area contributed by atoms with E-state index in [1.807, 2.05) is 44.2 Å². The van der Waals surface area contributed by atoms with Crippen molar-refractivity contribution in [2.75, 3.05) is 26.2 Å². The van der Waals surface area contributed by atoms with Crippen LogP contribution in [0, 0.1) is 13.8 Å². The highest BCUT2D eigenvalue weighted by Crippen LogP contribution is 2.20. The van der Waals surface area contributed by atoms with Crippen LogP contribution in [0.2, 0.25) is 0 Å². The lowest BCUT2D eigenvalue weighted by Gasteiger charge is -2.26. The normalized spacial score (nSPS) is 15.7. The van der Waals surface area contributed by atoms with Crippen molar-refractivity contribution in [3.63, 3.8) is 0 Å². The van der Waals surface area contributed by atoms with E-state index in [1.54, 1.807) is 11.6 Å². The second-order valence-electron chi connectivity index (χ2n) is 8.61. The van der Waals surface area contributed by atoms with Gasteiger partial charge in [0.2, 0.25) is 5.91 Å². The van der Waals surface area contributed by atoms with Crippen LogP contribution in [0.3, 0.4) is 0 Å². The van der Waals surface area contributed by atoms with Crippen molar-refractivity contribution in [3.05, 3.63) is 52.1 Å². The van der Waals surface area contributed by atoms with Crippen molar-refractivity contribution in [1.82, 2.24) is 29.8 Å². The molecule has 0 unspecified atom stereocenters. The Labute approximate surface area is 188 Å². The second-order valence-corrected chi connectivity index (χ2v) is 8.61. The number of amides is 1. The van der Waals surface area contributed by atoms with Crippen LogP contribution < -0.4 is 10.9 Å². The van der Waals surface area contributed by atoms with Crippen LogP contribution in [-0.2, 0) is 4.79 Å². The third-order valence-corrected chi connectivity index (χ3v) is 6.28. The van der Waals surface area contributed by atoms with Gasteiger partial charge in [-0.3, -0.25) is 9.59 Å². The summed E-state index contributed by atoms with van der Waals surface area (Å²) >= 11 is 0. The van der Waals surface area contributed by atoms with E-state index < -0.39 is 6.04 Å². The third-order valence-electron chi connectivity index (χ3n) is 6.28. The van der Waals surface area contributed by atoms with E-state index in [0.717, 1.165) is 37.4 Å². The number of carbonyl (C=O) groups excluding carboxylic acids is 1. The summed E-state index contributed by atoms with van der Waals surface area (Å²) in [7, 11) is 0. The maximum absolute atomic E-state index is 13.3. The van der Waals surface area contributed by atoms with Gasteiger partial charge in [0.25, 0.3) is 5.56 Å². The van der Waals surface area contributed by atoms with Gasteiger partial charge in [0.1, 0.15) is 11.6 Å². The highest BCUT2D eigenvalue weighted by atomic mass is 16.2. The molecular weight excluding hydrogens is 404 g/mol. The first-order valence-electron chi connectivity index (χ1n) is 11.5. The van der Waals surface area contributed by atoms with Crippen molar-refractivity contribution in [3.8, 4) is 5.69 Å². The van der Waals surface area contributed by atoms with Crippen molar-refractivity contribution in [1.29, 1.82) is 0 Å². The van der Waals surface area contributed by atoms with Gasteiger partial charge < -0.3 is 10.2 Å². The highest BCUT2D eigenvalue weighted by molar-refractivity contribution is 5.84. The quantitative estimate of drug-likeness (QED) is 0.576. The minimum Gasteiger partial charge on any atom is -0.354 e. The van der Waals surface area contributed by atoms with Crippen molar-refractivity contribution in [2.45, 2.75) is 52.5 Å². The van der Waals surface area contributed by atoms with Gasteiger partial charge in [-0.2, -0.15) is 10.2 Å². The SMILES string of the molecule is Cc1nn([C@H](C)C(=O)NCCCN2CCCCC2)c(=O)c2c(C)n(-c3ccccc3)nc12. The Balaban J connectivity index is 1.50. The van der Waals surface area contributed by atoms with Crippen LogP contribution in [-0.4, -0.2) is 56.5 Å². The summed E-state index contributed by atoms with van der Waals surface area (Å²) in [5.74, 6) is -0.190. The number of fused-ring (bicyclic) bond motifs is 1. The Morgan fingerprint density at radius 1 is 1.09 bits per heavy atom. The first-order valence-corrected chi connectivity index (χ1v) is 11.5. The molecule has 1 fully saturated rings.